The summed E-state index contributed by atoms with van der Waals surface area (Å²) in [5.41, 5.74) is 2.53. The van der Waals surface area contributed by atoms with Crippen molar-refractivity contribution in [1.29, 1.82) is 0 Å². The van der Waals surface area contributed by atoms with E-state index in [9.17, 15) is 9.18 Å². The van der Waals surface area contributed by atoms with Crippen molar-refractivity contribution in [1.82, 2.24) is 14.8 Å². The molecule has 1 aromatic heterocycles. The smallest absolute Gasteiger partial charge is 0.234 e. The van der Waals surface area contributed by atoms with Crippen LogP contribution in [-0.4, -0.2) is 26.4 Å². The van der Waals surface area contributed by atoms with Crippen molar-refractivity contribution in [2.45, 2.75) is 45.5 Å². The largest absolute Gasteiger partial charge is 0.486 e. The number of benzene rings is 2. The fourth-order valence-corrected chi connectivity index (χ4v) is 3.69. The zero-order valence-electron chi connectivity index (χ0n) is 17.3. The standard InChI is InChI=1S/C22H25FN4O2S/c1-4-16-7-10-18(11-8-16)29-13-20-25-26-22(27(20)5-2)30-14-21(28)24-19-12-17(23)9-6-15(19)3/h6-12H,4-5,13-14H2,1-3H3,(H,24,28). The molecule has 0 fully saturated rings. The second-order valence-corrected chi connectivity index (χ2v) is 7.67. The Labute approximate surface area is 179 Å². The van der Waals surface area contributed by atoms with Gasteiger partial charge in [0.1, 0.15) is 18.2 Å². The summed E-state index contributed by atoms with van der Waals surface area (Å²) < 4.78 is 21.1. The van der Waals surface area contributed by atoms with Crippen LogP contribution in [0.5, 0.6) is 5.75 Å². The van der Waals surface area contributed by atoms with Crippen LogP contribution >= 0.6 is 11.8 Å². The normalized spacial score (nSPS) is 10.8. The number of ether oxygens (including phenoxy) is 1. The molecule has 0 atom stereocenters. The molecule has 0 saturated carbocycles. The van der Waals surface area contributed by atoms with Crippen LogP contribution in [0.3, 0.4) is 0 Å². The van der Waals surface area contributed by atoms with Gasteiger partial charge in [0, 0.05) is 12.2 Å². The molecule has 0 bridgehead atoms. The van der Waals surface area contributed by atoms with Gasteiger partial charge in [0.05, 0.1) is 5.75 Å². The van der Waals surface area contributed by atoms with E-state index >= 15 is 0 Å². The van der Waals surface area contributed by atoms with E-state index in [1.165, 1.54) is 29.5 Å². The number of aromatic nitrogens is 3. The van der Waals surface area contributed by atoms with E-state index in [-0.39, 0.29) is 17.5 Å². The first kappa shape index (κ1) is 21.8. The van der Waals surface area contributed by atoms with Crippen molar-refractivity contribution in [3.8, 4) is 5.75 Å². The average Bonchev–Trinajstić information content (AvgIpc) is 3.15. The molecule has 1 amide bonds. The summed E-state index contributed by atoms with van der Waals surface area (Å²) >= 11 is 1.28. The molecule has 158 valence electrons. The quantitative estimate of drug-likeness (QED) is 0.504. The number of rotatable bonds is 9. The lowest BCUT2D eigenvalue weighted by Gasteiger charge is -2.10. The Morgan fingerprint density at radius 3 is 2.63 bits per heavy atom. The van der Waals surface area contributed by atoms with E-state index in [1.807, 2.05) is 42.7 Å². The molecule has 0 unspecified atom stereocenters. The van der Waals surface area contributed by atoms with E-state index < -0.39 is 0 Å². The highest BCUT2D eigenvalue weighted by atomic mass is 32.2. The van der Waals surface area contributed by atoms with Gasteiger partial charge in [0.25, 0.3) is 0 Å². The summed E-state index contributed by atoms with van der Waals surface area (Å²) in [5, 5.41) is 11.8. The summed E-state index contributed by atoms with van der Waals surface area (Å²) in [6.45, 7) is 6.87. The number of nitrogens with zero attached hydrogens (tertiary/aromatic N) is 3. The monoisotopic (exact) mass is 428 g/mol. The molecular weight excluding hydrogens is 403 g/mol. The van der Waals surface area contributed by atoms with Crippen molar-refractivity contribution < 1.29 is 13.9 Å². The van der Waals surface area contributed by atoms with Gasteiger partial charge < -0.3 is 14.6 Å². The first-order valence-corrected chi connectivity index (χ1v) is 10.8. The molecule has 0 aliphatic carbocycles. The SMILES string of the molecule is CCc1ccc(OCc2nnc(SCC(=O)Nc3cc(F)ccc3C)n2CC)cc1. The van der Waals surface area contributed by atoms with Crippen molar-refractivity contribution >= 4 is 23.4 Å². The summed E-state index contributed by atoms with van der Waals surface area (Å²) in [6.07, 6.45) is 0.984. The van der Waals surface area contributed by atoms with E-state index in [2.05, 4.69) is 22.4 Å². The first-order chi connectivity index (χ1) is 14.5. The minimum atomic E-state index is -0.386. The fraction of sp³-hybridized carbons (Fsp3) is 0.318. The Morgan fingerprint density at radius 1 is 1.17 bits per heavy atom. The molecule has 0 aliphatic heterocycles. The lowest BCUT2D eigenvalue weighted by atomic mass is 10.2. The van der Waals surface area contributed by atoms with Crippen LogP contribution in [-0.2, 0) is 24.4 Å². The van der Waals surface area contributed by atoms with Crippen LogP contribution in [0.4, 0.5) is 10.1 Å². The third kappa shape index (κ3) is 5.60. The minimum absolute atomic E-state index is 0.146. The summed E-state index contributed by atoms with van der Waals surface area (Å²) in [5.74, 6) is 1.00. The number of aryl methyl sites for hydroxylation is 2. The van der Waals surface area contributed by atoms with Crippen LogP contribution < -0.4 is 10.1 Å². The molecule has 0 radical (unpaired) electrons. The molecule has 0 spiro atoms. The summed E-state index contributed by atoms with van der Waals surface area (Å²) in [4.78, 5) is 12.3. The number of hydrogen-bond donors (Lipinski definition) is 1. The molecular formula is C22H25FN4O2S. The Bertz CT molecular complexity index is 1000. The highest BCUT2D eigenvalue weighted by Gasteiger charge is 2.14. The lowest BCUT2D eigenvalue weighted by molar-refractivity contribution is -0.113. The van der Waals surface area contributed by atoms with Crippen LogP contribution in [0.15, 0.2) is 47.6 Å². The van der Waals surface area contributed by atoms with Gasteiger partial charge in [-0.05, 0) is 55.7 Å². The summed E-state index contributed by atoms with van der Waals surface area (Å²) in [6, 6.07) is 12.3. The number of amides is 1. The molecule has 30 heavy (non-hydrogen) atoms. The van der Waals surface area contributed by atoms with Gasteiger partial charge in [0.2, 0.25) is 5.91 Å². The van der Waals surface area contributed by atoms with Crippen LogP contribution in [0, 0.1) is 12.7 Å². The maximum absolute atomic E-state index is 13.4. The number of anilines is 1. The fourth-order valence-electron chi connectivity index (χ4n) is 2.86. The molecule has 1 N–H and O–H groups in total. The maximum Gasteiger partial charge on any atom is 0.234 e. The van der Waals surface area contributed by atoms with Crippen LogP contribution in [0.2, 0.25) is 0 Å². The Balaban J connectivity index is 1.58. The molecule has 3 aromatic rings. The van der Waals surface area contributed by atoms with Gasteiger partial charge in [-0.1, -0.05) is 36.9 Å². The number of nitrogens with one attached hydrogen (secondary N) is 1. The second-order valence-electron chi connectivity index (χ2n) is 6.73. The number of carbonyl (C=O) groups excluding carboxylic acids is 1. The zero-order chi connectivity index (χ0) is 21.5. The first-order valence-electron chi connectivity index (χ1n) is 9.82. The molecule has 3 rings (SSSR count). The molecule has 1 heterocycles. The third-order valence-corrected chi connectivity index (χ3v) is 5.58. The van der Waals surface area contributed by atoms with Crippen molar-refractivity contribution in [3.05, 3.63) is 65.2 Å². The molecule has 2 aromatic carbocycles. The average molecular weight is 429 g/mol. The highest BCUT2D eigenvalue weighted by Crippen LogP contribution is 2.21. The van der Waals surface area contributed by atoms with Gasteiger partial charge in [-0.25, -0.2) is 4.39 Å². The predicted octanol–water partition coefficient (Wildman–Crippen LogP) is 4.62. The molecule has 0 saturated heterocycles. The Morgan fingerprint density at radius 2 is 1.93 bits per heavy atom. The maximum atomic E-state index is 13.4. The number of hydrogen-bond acceptors (Lipinski definition) is 5. The van der Waals surface area contributed by atoms with Crippen molar-refractivity contribution in [2.75, 3.05) is 11.1 Å². The summed E-state index contributed by atoms with van der Waals surface area (Å²) in [7, 11) is 0. The lowest BCUT2D eigenvalue weighted by Crippen LogP contribution is -2.15. The van der Waals surface area contributed by atoms with Crippen molar-refractivity contribution in [3.63, 3.8) is 0 Å². The van der Waals surface area contributed by atoms with Gasteiger partial charge in [-0.15, -0.1) is 10.2 Å². The minimum Gasteiger partial charge on any atom is -0.486 e. The second kappa shape index (κ2) is 10.2. The predicted molar refractivity (Wildman–Crippen MR) is 116 cm³/mol. The Kier molecular flexibility index (Phi) is 7.46. The topological polar surface area (TPSA) is 69.0 Å². The number of halogens is 1. The molecule has 0 aliphatic rings. The van der Waals surface area contributed by atoms with E-state index in [4.69, 9.17) is 4.74 Å². The highest BCUT2D eigenvalue weighted by molar-refractivity contribution is 7.99. The van der Waals surface area contributed by atoms with Crippen molar-refractivity contribution in [2.24, 2.45) is 0 Å². The van der Waals surface area contributed by atoms with Gasteiger partial charge in [-0.3, -0.25) is 4.79 Å². The van der Waals surface area contributed by atoms with E-state index in [0.717, 1.165) is 17.7 Å². The van der Waals surface area contributed by atoms with Crippen LogP contribution in [0.25, 0.3) is 0 Å². The molecule has 8 heteroatoms. The van der Waals surface area contributed by atoms with Gasteiger partial charge in [-0.2, -0.15) is 0 Å². The zero-order valence-corrected chi connectivity index (χ0v) is 18.1. The number of carbonyl (C=O) groups is 1. The van der Waals surface area contributed by atoms with E-state index in [0.29, 0.717) is 29.8 Å². The number of thioether (sulfide) groups is 1. The van der Waals surface area contributed by atoms with Gasteiger partial charge >= 0.3 is 0 Å². The van der Waals surface area contributed by atoms with E-state index in [1.54, 1.807) is 6.07 Å². The Hall–Kier alpha value is -2.87. The molecule has 6 nitrogen and oxygen atoms in total. The third-order valence-electron chi connectivity index (χ3n) is 4.62. The van der Waals surface area contributed by atoms with Gasteiger partial charge in [0.15, 0.2) is 11.0 Å². The van der Waals surface area contributed by atoms with Crippen LogP contribution in [0.1, 0.15) is 30.8 Å².